The van der Waals surface area contributed by atoms with E-state index in [2.05, 4.69) is 5.32 Å². The smallest absolute Gasteiger partial charge is 0.384 e. The maximum Gasteiger partial charge on any atom is 0.418 e. The predicted molar refractivity (Wildman–Crippen MR) is 77.5 cm³/mol. The van der Waals surface area contributed by atoms with Gasteiger partial charge in [0.15, 0.2) is 0 Å². The monoisotopic (exact) mass is 302 g/mol. The number of alkyl halides is 3. The minimum absolute atomic E-state index is 0.0504. The van der Waals surface area contributed by atoms with Crippen molar-refractivity contribution in [1.82, 2.24) is 4.90 Å². The Kier molecular flexibility index (Phi) is 5.63. The molecule has 0 atom stereocenters. The van der Waals surface area contributed by atoms with Crippen LogP contribution >= 0.6 is 0 Å². The quantitative estimate of drug-likeness (QED) is 0.891. The molecule has 1 aromatic carbocycles. The molecule has 1 amide bonds. The van der Waals surface area contributed by atoms with E-state index in [1.807, 2.05) is 20.8 Å². The van der Waals surface area contributed by atoms with Crippen LogP contribution in [0, 0.1) is 0 Å². The van der Waals surface area contributed by atoms with Crippen molar-refractivity contribution in [3.63, 3.8) is 0 Å². The van der Waals surface area contributed by atoms with Crippen LogP contribution in [0.5, 0.6) is 0 Å². The Bertz CT molecular complexity index is 498. The highest BCUT2D eigenvalue weighted by Crippen LogP contribution is 2.37. The van der Waals surface area contributed by atoms with E-state index >= 15 is 0 Å². The number of para-hydroxylation sites is 1. The number of hydrogen-bond acceptors (Lipinski definition) is 2. The summed E-state index contributed by atoms with van der Waals surface area (Å²) in [5, 5.41) is 2.75. The van der Waals surface area contributed by atoms with Gasteiger partial charge >= 0.3 is 6.18 Å². The summed E-state index contributed by atoms with van der Waals surface area (Å²) in [6.45, 7) is 5.85. The molecule has 0 heterocycles. The van der Waals surface area contributed by atoms with Gasteiger partial charge in [0.2, 0.25) is 0 Å². The molecule has 0 unspecified atom stereocenters. The summed E-state index contributed by atoms with van der Waals surface area (Å²) in [5.74, 6) is -0.422. The Hall–Kier alpha value is -1.72. The van der Waals surface area contributed by atoms with Gasteiger partial charge in [0.1, 0.15) is 0 Å². The van der Waals surface area contributed by atoms with E-state index in [1.54, 1.807) is 7.05 Å². The predicted octanol–water partition coefficient (Wildman–Crippen LogP) is 4.01. The summed E-state index contributed by atoms with van der Waals surface area (Å²) in [7, 11) is 1.58. The molecule has 118 valence electrons. The number of nitrogens with one attached hydrogen (secondary N) is 1. The first-order valence-corrected chi connectivity index (χ1v) is 6.91. The highest BCUT2D eigenvalue weighted by Gasteiger charge is 2.35. The van der Waals surface area contributed by atoms with Crippen molar-refractivity contribution in [2.75, 3.05) is 18.9 Å². The van der Waals surface area contributed by atoms with Gasteiger partial charge in [0.25, 0.3) is 5.91 Å². The zero-order chi connectivity index (χ0) is 16.2. The fraction of sp³-hybridized carbons (Fsp3) is 0.533. The lowest BCUT2D eigenvalue weighted by Gasteiger charge is -2.24. The first kappa shape index (κ1) is 17.3. The molecule has 0 aliphatic carbocycles. The molecule has 0 aliphatic heterocycles. The van der Waals surface area contributed by atoms with Gasteiger partial charge in [-0.25, -0.2) is 0 Å². The molecular formula is C15H21F3N2O. The first-order valence-electron chi connectivity index (χ1n) is 6.91. The lowest BCUT2D eigenvalue weighted by molar-refractivity contribution is -0.137. The van der Waals surface area contributed by atoms with Crippen molar-refractivity contribution in [3.05, 3.63) is 29.3 Å². The third-order valence-electron chi connectivity index (χ3n) is 3.25. The SMILES string of the molecule is CCCNc1c(C(=O)N(C)C(C)C)cccc1C(F)(F)F. The van der Waals surface area contributed by atoms with E-state index < -0.39 is 17.6 Å². The number of hydrogen-bond donors (Lipinski definition) is 1. The van der Waals surface area contributed by atoms with Crippen LogP contribution in [0.1, 0.15) is 43.1 Å². The van der Waals surface area contributed by atoms with Gasteiger partial charge in [-0.1, -0.05) is 13.0 Å². The summed E-state index contributed by atoms with van der Waals surface area (Å²) in [4.78, 5) is 13.8. The highest BCUT2D eigenvalue weighted by atomic mass is 19.4. The van der Waals surface area contributed by atoms with Crippen molar-refractivity contribution in [1.29, 1.82) is 0 Å². The van der Waals surface area contributed by atoms with E-state index in [4.69, 9.17) is 0 Å². The van der Waals surface area contributed by atoms with Crippen LogP contribution in [-0.2, 0) is 6.18 Å². The van der Waals surface area contributed by atoms with Crippen molar-refractivity contribution in [2.45, 2.75) is 39.4 Å². The number of amides is 1. The van der Waals surface area contributed by atoms with E-state index in [9.17, 15) is 18.0 Å². The third kappa shape index (κ3) is 4.12. The molecular weight excluding hydrogens is 281 g/mol. The molecule has 1 aromatic rings. The Morgan fingerprint density at radius 2 is 1.95 bits per heavy atom. The maximum absolute atomic E-state index is 13.1. The normalized spacial score (nSPS) is 11.6. The maximum atomic E-state index is 13.1. The molecule has 0 saturated heterocycles. The molecule has 1 rings (SSSR count). The minimum Gasteiger partial charge on any atom is -0.384 e. The molecule has 0 saturated carbocycles. The van der Waals surface area contributed by atoms with Crippen LogP contribution in [0.4, 0.5) is 18.9 Å². The summed E-state index contributed by atoms with van der Waals surface area (Å²) < 4.78 is 39.3. The van der Waals surface area contributed by atoms with Crippen molar-refractivity contribution in [3.8, 4) is 0 Å². The molecule has 0 bridgehead atoms. The van der Waals surface area contributed by atoms with Crippen molar-refractivity contribution < 1.29 is 18.0 Å². The molecule has 0 aliphatic rings. The van der Waals surface area contributed by atoms with Gasteiger partial charge in [-0.2, -0.15) is 13.2 Å². The number of carbonyl (C=O) groups is 1. The molecule has 0 radical (unpaired) electrons. The van der Waals surface area contributed by atoms with Crippen LogP contribution in [0.2, 0.25) is 0 Å². The van der Waals surface area contributed by atoms with Crippen LogP contribution < -0.4 is 5.32 Å². The van der Waals surface area contributed by atoms with E-state index in [-0.39, 0.29) is 17.3 Å². The number of anilines is 1. The fourth-order valence-corrected chi connectivity index (χ4v) is 1.83. The zero-order valence-corrected chi connectivity index (χ0v) is 12.7. The lowest BCUT2D eigenvalue weighted by atomic mass is 10.0. The molecule has 0 fully saturated rings. The van der Waals surface area contributed by atoms with Crippen LogP contribution in [0.3, 0.4) is 0 Å². The fourth-order valence-electron chi connectivity index (χ4n) is 1.83. The highest BCUT2D eigenvalue weighted by molar-refractivity contribution is 6.00. The summed E-state index contributed by atoms with van der Waals surface area (Å²) in [6.07, 6.45) is -3.83. The second kappa shape index (κ2) is 6.83. The number of nitrogens with zero attached hydrogens (tertiary/aromatic N) is 1. The number of rotatable bonds is 5. The zero-order valence-electron chi connectivity index (χ0n) is 12.7. The summed E-state index contributed by atoms with van der Waals surface area (Å²) >= 11 is 0. The van der Waals surface area contributed by atoms with Gasteiger partial charge in [0.05, 0.1) is 16.8 Å². The number of carbonyl (C=O) groups excluding carboxylic acids is 1. The molecule has 3 nitrogen and oxygen atoms in total. The molecule has 0 aromatic heterocycles. The first-order chi connectivity index (χ1) is 9.70. The van der Waals surface area contributed by atoms with Crippen molar-refractivity contribution >= 4 is 11.6 Å². The van der Waals surface area contributed by atoms with Gasteiger partial charge in [-0.05, 0) is 32.4 Å². The van der Waals surface area contributed by atoms with E-state index in [0.717, 1.165) is 6.07 Å². The van der Waals surface area contributed by atoms with Crippen LogP contribution in [0.25, 0.3) is 0 Å². The molecule has 21 heavy (non-hydrogen) atoms. The van der Waals surface area contributed by atoms with E-state index in [1.165, 1.54) is 17.0 Å². The molecule has 6 heteroatoms. The Labute approximate surface area is 123 Å². The average molecular weight is 302 g/mol. The average Bonchev–Trinajstić information content (AvgIpc) is 2.41. The largest absolute Gasteiger partial charge is 0.418 e. The standard InChI is InChI=1S/C15H21F3N2O/c1-5-9-19-13-11(14(21)20(4)10(2)3)7-6-8-12(13)15(16,17)18/h6-8,10,19H,5,9H2,1-4H3. The van der Waals surface area contributed by atoms with Gasteiger partial charge in [0, 0.05) is 19.6 Å². The lowest BCUT2D eigenvalue weighted by Crippen LogP contribution is -2.33. The van der Waals surface area contributed by atoms with Crippen LogP contribution in [-0.4, -0.2) is 30.4 Å². The summed E-state index contributed by atoms with van der Waals surface area (Å²) in [5.41, 5.74) is -0.891. The van der Waals surface area contributed by atoms with Crippen LogP contribution in [0.15, 0.2) is 18.2 Å². The third-order valence-corrected chi connectivity index (χ3v) is 3.25. The molecule has 0 spiro atoms. The Morgan fingerprint density at radius 3 is 2.43 bits per heavy atom. The Balaban J connectivity index is 3.34. The number of halogens is 3. The van der Waals surface area contributed by atoms with Gasteiger partial charge in [-0.3, -0.25) is 4.79 Å². The van der Waals surface area contributed by atoms with Crippen molar-refractivity contribution in [2.24, 2.45) is 0 Å². The Morgan fingerprint density at radius 1 is 1.33 bits per heavy atom. The molecule has 1 N–H and O–H groups in total. The van der Waals surface area contributed by atoms with Gasteiger partial charge in [-0.15, -0.1) is 0 Å². The second-order valence-electron chi connectivity index (χ2n) is 5.16. The number of benzene rings is 1. The topological polar surface area (TPSA) is 32.3 Å². The van der Waals surface area contributed by atoms with Gasteiger partial charge < -0.3 is 10.2 Å². The minimum atomic E-state index is -4.50. The second-order valence-corrected chi connectivity index (χ2v) is 5.16. The summed E-state index contributed by atoms with van der Waals surface area (Å²) in [6, 6.07) is 3.59. The van der Waals surface area contributed by atoms with E-state index in [0.29, 0.717) is 13.0 Å².